The first-order chi connectivity index (χ1) is 9.77. The van der Waals surface area contributed by atoms with Crippen molar-refractivity contribution in [1.82, 2.24) is 0 Å². The van der Waals surface area contributed by atoms with E-state index in [0.717, 1.165) is 6.42 Å². The fourth-order valence-electron chi connectivity index (χ4n) is 2.06. The lowest BCUT2D eigenvalue weighted by molar-refractivity contribution is -0.141. The van der Waals surface area contributed by atoms with E-state index in [4.69, 9.17) is 4.74 Å². The monoisotopic (exact) mass is 280 g/mol. The molecule has 0 aromatic rings. The summed E-state index contributed by atoms with van der Waals surface area (Å²) in [4.78, 5) is 10.5. The van der Waals surface area contributed by atoms with Crippen molar-refractivity contribution in [3.05, 3.63) is 24.3 Å². The Kier molecular flexibility index (Phi) is 15.2. The van der Waals surface area contributed by atoms with Crippen molar-refractivity contribution in [2.24, 2.45) is 0 Å². The van der Waals surface area contributed by atoms with Gasteiger partial charge in [-0.15, -0.1) is 0 Å². The number of hydrogen-bond acceptors (Lipinski definition) is 2. The maximum Gasteiger partial charge on any atom is 0.302 e. The van der Waals surface area contributed by atoms with E-state index in [2.05, 4.69) is 31.2 Å². The van der Waals surface area contributed by atoms with E-state index in [1.54, 1.807) is 0 Å². The van der Waals surface area contributed by atoms with Crippen LogP contribution in [0.1, 0.15) is 78.1 Å². The van der Waals surface area contributed by atoms with Crippen LogP contribution in [0.2, 0.25) is 0 Å². The van der Waals surface area contributed by atoms with E-state index in [-0.39, 0.29) is 5.97 Å². The van der Waals surface area contributed by atoms with Gasteiger partial charge in [0.05, 0.1) is 6.61 Å². The molecule has 2 heteroatoms. The largest absolute Gasteiger partial charge is 0.466 e. The number of esters is 1. The lowest BCUT2D eigenvalue weighted by Gasteiger charge is -2.02. The number of ether oxygens (including phenoxy) is 1. The standard InChI is InChI=1S/C18H32O2/c1-3-4-5-6-7-8-9-10-11-12-13-14-15-16-17-20-18(2)19/h3-4,7-8H,5-6,9-17H2,1-2H3/b4-3-,8-7-. The molecule has 0 fully saturated rings. The Balaban J connectivity index is 3.07. The molecule has 2 nitrogen and oxygen atoms in total. The van der Waals surface area contributed by atoms with E-state index in [1.165, 1.54) is 64.7 Å². The van der Waals surface area contributed by atoms with Crippen molar-refractivity contribution in [3.8, 4) is 0 Å². The molecule has 0 atom stereocenters. The summed E-state index contributed by atoms with van der Waals surface area (Å²) in [5.74, 6) is -0.163. The van der Waals surface area contributed by atoms with Gasteiger partial charge in [-0.3, -0.25) is 4.79 Å². The smallest absolute Gasteiger partial charge is 0.302 e. The number of rotatable bonds is 13. The first kappa shape index (κ1) is 18.9. The van der Waals surface area contributed by atoms with E-state index in [9.17, 15) is 4.79 Å². The fourth-order valence-corrected chi connectivity index (χ4v) is 2.06. The van der Waals surface area contributed by atoms with Gasteiger partial charge in [0.25, 0.3) is 0 Å². The molecule has 0 N–H and O–H groups in total. The summed E-state index contributed by atoms with van der Waals surface area (Å²) in [6.07, 6.45) is 21.3. The van der Waals surface area contributed by atoms with Crippen LogP contribution in [-0.2, 0) is 9.53 Å². The third-order valence-electron chi connectivity index (χ3n) is 3.22. The third kappa shape index (κ3) is 16.9. The van der Waals surface area contributed by atoms with Crippen LogP contribution in [0.4, 0.5) is 0 Å². The molecule has 116 valence electrons. The average Bonchev–Trinajstić information content (AvgIpc) is 2.43. The first-order valence-corrected chi connectivity index (χ1v) is 8.17. The van der Waals surface area contributed by atoms with Crippen LogP contribution in [0.5, 0.6) is 0 Å². The first-order valence-electron chi connectivity index (χ1n) is 8.17. The van der Waals surface area contributed by atoms with Gasteiger partial charge in [-0.25, -0.2) is 0 Å². The Morgan fingerprint density at radius 3 is 2.00 bits per heavy atom. The molecule has 0 bridgehead atoms. The number of allylic oxidation sites excluding steroid dienone is 4. The summed E-state index contributed by atoms with van der Waals surface area (Å²) < 4.78 is 4.90. The molecule has 0 unspecified atom stereocenters. The predicted octanol–water partition coefficient (Wildman–Crippen LogP) is 5.58. The topological polar surface area (TPSA) is 26.3 Å². The Morgan fingerprint density at radius 1 is 0.800 bits per heavy atom. The molecule has 0 rings (SSSR count). The minimum Gasteiger partial charge on any atom is -0.466 e. The second kappa shape index (κ2) is 16.0. The number of carbonyl (C=O) groups is 1. The molecule has 0 aliphatic rings. The molecule has 0 saturated heterocycles. The van der Waals surface area contributed by atoms with Gasteiger partial charge in [0.1, 0.15) is 0 Å². The minimum absolute atomic E-state index is 0.163. The highest BCUT2D eigenvalue weighted by atomic mass is 16.5. The van der Waals surface area contributed by atoms with Crippen molar-refractivity contribution in [2.45, 2.75) is 78.1 Å². The van der Waals surface area contributed by atoms with Crippen molar-refractivity contribution in [3.63, 3.8) is 0 Å². The van der Waals surface area contributed by atoms with Crippen LogP contribution in [0.15, 0.2) is 24.3 Å². The summed E-state index contributed by atoms with van der Waals surface area (Å²) >= 11 is 0. The second-order valence-corrected chi connectivity index (χ2v) is 5.22. The van der Waals surface area contributed by atoms with Gasteiger partial charge in [-0.1, -0.05) is 56.4 Å². The van der Waals surface area contributed by atoms with Crippen LogP contribution in [0, 0.1) is 0 Å². The highest BCUT2D eigenvalue weighted by molar-refractivity contribution is 5.65. The molecule has 0 spiro atoms. The summed E-state index contributed by atoms with van der Waals surface area (Å²) in [6, 6.07) is 0. The van der Waals surface area contributed by atoms with E-state index >= 15 is 0 Å². The molecular weight excluding hydrogens is 248 g/mol. The van der Waals surface area contributed by atoms with Gasteiger partial charge < -0.3 is 4.74 Å². The van der Waals surface area contributed by atoms with Crippen LogP contribution in [-0.4, -0.2) is 12.6 Å². The van der Waals surface area contributed by atoms with Crippen LogP contribution in [0.25, 0.3) is 0 Å². The zero-order chi connectivity index (χ0) is 14.9. The maximum atomic E-state index is 10.5. The zero-order valence-corrected chi connectivity index (χ0v) is 13.4. The molecule has 0 aliphatic carbocycles. The highest BCUT2D eigenvalue weighted by Crippen LogP contribution is 2.09. The maximum absolute atomic E-state index is 10.5. The Morgan fingerprint density at radius 2 is 1.35 bits per heavy atom. The predicted molar refractivity (Wildman–Crippen MR) is 86.8 cm³/mol. The van der Waals surface area contributed by atoms with Crippen LogP contribution >= 0.6 is 0 Å². The second-order valence-electron chi connectivity index (χ2n) is 5.22. The van der Waals surface area contributed by atoms with Crippen molar-refractivity contribution in [1.29, 1.82) is 0 Å². The molecule has 0 aliphatic heterocycles. The van der Waals surface area contributed by atoms with Gasteiger partial charge in [-0.2, -0.15) is 0 Å². The lowest BCUT2D eigenvalue weighted by atomic mass is 10.1. The SMILES string of the molecule is C/C=C\CC/C=C\CCCCCCCCCOC(C)=O. The third-order valence-corrected chi connectivity index (χ3v) is 3.22. The number of hydrogen-bond donors (Lipinski definition) is 0. The Hall–Kier alpha value is -1.05. The van der Waals surface area contributed by atoms with Crippen molar-refractivity contribution < 1.29 is 9.53 Å². The minimum atomic E-state index is -0.163. The number of carbonyl (C=O) groups excluding carboxylic acids is 1. The van der Waals surface area contributed by atoms with Gasteiger partial charge >= 0.3 is 5.97 Å². The molecule has 0 aromatic carbocycles. The summed E-state index contributed by atoms with van der Waals surface area (Å²) in [5, 5.41) is 0. The van der Waals surface area contributed by atoms with Crippen LogP contribution in [0.3, 0.4) is 0 Å². The highest BCUT2D eigenvalue weighted by Gasteiger charge is 1.94. The summed E-state index contributed by atoms with van der Waals surface area (Å²) in [6.45, 7) is 4.13. The van der Waals surface area contributed by atoms with E-state index in [0.29, 0.717) is 6.61 Å². The molecular formula is C18H32O2. The van der Waals surface area contributed by atoms with Crippen molar-refractivity contribution in [2.75, 3.05) is 6.61 Å². The van der Waals surface area contributed by atoms with Gasteiger partial charge in [0, 0.05) is 6.92 Å². The zero-order valence-electron chi connectivity index (χ0n) is 13.4. The molecule has 0 heterocycles. The Labute approximate surface area is 125 Å². The molecule has 0 saturated carbocycles. The normalized spacial score (nSPS) is 11.5. The van der Waals surface area contributed by atoms with E-state index in [1.807, 2.05) is 0 Å². The Bertz CT molecular complexity index is 267. The lowest BCUT2D eigenvalue weighted by Crippen LogP contribution is -1.99. The van der Waals surface area contributed by atoms with Crippen molar-refractivity contribution >= 4 is 5.97 Å². The quantitative estimate of drug-likeness (QED) is 0.250. The molecule has 0 radical (unpaired) electrons. The van der Waals surface area contributed by atoms with E-state index < -0.39 is 0 Å². The molecule has 0 amide bonds. The summed E-state index contributed by atoms with van der Waals surface area (Å²) in [5.41, 5.74) is 0. The van der Waals surface area contributed by atoms with Crippen LogP contribution < -0.4 is 0 Å². The molecule has 20 heavy (non-hydrogen) atoms. The fraction of sp³-hybridized carbons (Fsp3) is 0.722. The van der Waals surface area contributed by atoms with Gasteiger partial charge in [0.15, 0.2) is 0 Å². The molecule has 0 aromatic heterocycles. The van der Waals surface area contributed by atoms with Gasteiger partial charge in [-0.05, 0) is 39.0 Å². The van der Waals surface area contributed by atoms with Gasteiger partial charge in [0.2, 0.25) is 0 Å². The average molecular weight is 280 g/mol. The summed E-state index contributed by atoms with van der Waals surface area (Å²) in [7, 11) is 0. The number of unbranched alkanes of at least 4 members (excludes halogenated alkanes) is 8.